The first-order chi connectivity index (χ1) is 7.79. The van der Waals surface area contributed by atoms with Crippen molar-refractivity contribution in [2.75, 3.05) is 34.0 Å². The van der Waals surface area contributed by atoms with E-state index in [1.807, 2.05) is 0 Å². The summed E-state index contributed by atoms with van der Waals surface area (Å²) in [6, 6.07) is 0. The lowest BCUT2D eigenvalue weighted by molar-refractivity contribution is -0.116. The number of likely N-dealkylation sites (tertiary alicyclic amines) is 1. The Kier molecular flexibility index (Phi) is 2.92. The summed E-state index contributed by atoms with van der Waals surface area (Å²) in [6.07, 6.45) is 3.08. The predicted octanol–water partition coefficient (Wildman–Crippen LogP) is 0.714. The Morgan fingerprint density at radius 1 is 1.31 bits per heavy atom. The molecule has 3 rings (SSSR count). The van der Waals surface area contributed by atoms with Gasteiger partial charge in [-0.05, 0) is 32.4 Å². The first kappa shape index (κ1) is 11.0. The molecule has 2 aliphatic heterocycles. The molecule has 1 saturated carbocycles. The van der Waals surface area contributed by atoms with Gasteiger partial charge in [-0.2, -0.15) is 0 Å². The maximum Gasteiger partial charge on any atom is 0.147 e. The first-order valence-corrected chi connectivity index (χ1v) is 6.24. The summed E-state index contributed by atoms with van der Waals surface area (Å²) < 4.78 is 17.0. The molecular weight excluding hydrogens is 206 g/mol. The number of rotatable bonds is 1. The van der Waals surface area contributed by atoms with Crippen molar-refractivity contribution >= 4 is 0 Å². The Labute approximate surface area is 96.8 Å². The molecule has 0 N–H and O–H groups in total. The fourth-order valence-electron chi connectivity index (χ4n) is 3.63. The molecule has 4 nitrogen and oxygen atoms in total. The SMILES string of the molecule is COC1C2CN(C)CCC2CC2OCOC21. The highest BCUT2D eigenvalue weighted by Gasteiger charge is 2.49. The second-order valence-corrected chi connectivity index (χ2v) is 5.37. The van der Waals surface area contributed by atoms with Crippen LogP contribution in [0.15, 0.2) is 0 Å². The van der Waals surface area contributed by atoms with Crippen molar-refractivity contribution in [1.82, 2.24) is 4.90 Å². The van der Waals surface area contributed by atoms with Crippen LogP contribution in [0, 0.1) is 11.8 Å². The van der Waals surface area contributed by atoms with Gasteiger partial charge in [0, 0.05) is 19.6 Å². The summed E-state index contributed by atoms with van der Waals surface area (Å²) >= 11 is 0. The lowest BCUT2D eigenvalue weighted by Gasteiger charge is -2.47. The van der Waals surface area contributed by atoms with Crippen molar-refractivity contribution in [3.05, 3.63) is 0 Å². The van der Waals surface area contributed by atoms with E-state index in [1.54, 1.807) is 7.11 Å². The Morgan fingerprint density at radius 2 is 2.19 bits per heavy atom. The molecule has 1 aliphatic carbocycles. The largest absolute Gasteiger partial charge is 0.378 e. The maximum absolute atomic E-state index is 5.69. The van der Waals surface area contributed by atoms with E-state index >= 15 is 0 Å². The smallest absolute Gasteiger partial charge is 0.147 e. The summed E-state index contributed by atoms with van der Waals surface area (Å²) in [7, 11) is 4.00. The standard InChI is InChI=1S/C12H21NO3/c1-13-4-3-8-5-10-12(16-7-15-10)11(14-2)9(8)6-13/h8-12H,3-7H2,1-2H3. The zero-order chi connectivity index (χ0) is 11.1. The second-order valence-electron chi connectivity index (χ2n) is 5.37. The van der Waals surface area contributed by atoms with Gasteiger partial charge in [0.25, 0.3) is 0 Å². The van der Waals surface area contributed by atoms with Gasteiger partial charge in [0.1, 0.15) is 12.9 Å². The third-order valence-electron chi connectivity index (χ3n) is 4.47. The minimum Gasteiger partial charge on any atom is -0.378 e. The molecular formula is C12H21NO3. The van der Waals surface area contributed by atoms with Crippen molar-refractivity contribution < 1.29 is 14.2 Å². The molecule has 0 amide bonds. The van der Waals surface area contributed by atoms with Gasteiger partial charge in [0.15, 0.2) is 0 Å². The number of ether oxygens (including phenoxy) is 3. The molecule has 0 radical (unpaired) electrons. The lowest BCUT2D eigenvalue weighted by atomic mass is 9.71. The van der Waals surface area contributed by atoms with Gasteiger partial charge in [-0.25, -0.2) is 0 Å². The van der Waals surface area contributed by atoms with Crippen LogP contribution in [-0.4, -0.2) is 57.3 Å². The van der Waals surface area contributed by atoms with Crippen LogP contribution in [0.5, 0.6) is 0 Å². The number of fused-ring (bicyclic) bond motifs is 2. The van der Waals surface area contributed by atoms with Crippen LogP contribution in [0.3, 0.4) is 0 Å². The van der Waals surface area contributed by atoms with E-state index in [0.717, 1.165) is 18.9 Å². The highest BCUT2D eigenvalue weighted by molar-refractivity contribution is 4.98. The van der Waals surface area contributed by atoms with E-state index < -0.39 is 0 Å². The van der Waals surface area contributed by atoms with Crippen LogP contribution in [0.4, 0.5) is 0 Å². The van der Waals surface area contributed by atoms with Crippen molar-refractivity contribution in [2.45, 2.75) is 31.2 Å². The molecule has 0 spiro atoms. The molecule has 5 unspecified atom stereocenters. The summed E-state index contributed by atoms with van der Waals surface area (Å²) in [6.45, 7) is 2.79. The van der Waals surface area contributed by atoms with Crippen molar-refractivity contribution in [1.29, 1.82) is 0 Å². The minimum atomic E-state index is 0.165. The highest BCUT2D eigenvalue weighted by atomic mass is 16.7. The Bertz CT molecular complexity index is 261. The number of hydrogen-bond acceptors (Lipinski definition) is 4. The molecule has 0 aromatic heterocycles. The van der Waals surface area contributed by atoms with Crippen LogP contribution >= 0.6 is 0 Å². The average molecular weight is 227 g/mol. The fourth-order valence-corrected chi connectivity index (χ4v) is 3.63. The number of methoxy groups -OCH3 is 1. The van der Waals surface area contributed by atoms with Crippen molar-refractivity contribution in [2.24, 2.45) is 11.8 Å². The normalized spacial score (nSPS) is 48.8. The van der Waals surface area contributed by atoms with E-state index in [2.05, 4.69) is 11.9 Å². The van der Waals surface area contributed by atoms with Gasteiger partial charge in [0.05, 0.1) is 12.2 Å². The monoisotopic (exact) mass is 227 g/mol. The van der Waals surface area contributed by atoms with Crippen LogP contribution < -0.4 is 0 Å². The molecule has 0 aromatic rings. The topological polar surface area (TPSA) is 30.9 Å². The first-order valence-electron chi connectivity index (χ1n) is 6.24. The summed E-state index contributed by atoms with van der Waals surface area (Å²) in [4.78, 5) is 2.41. The van der Waals surface area contributed by atoms with Gasteiger partial charge < -0.3 is 19.1 Å². The van der Waals surface area contributed by atoms with Gasteiger partial charge >= 0.3 is 0 Å². The zero-order valence-corrected chi connectivity index (χ0v) is 10.1. The van der Waals surface area contributed by atoms with Gasteiger partial charge in [-0.1, -0.05) is 0 Å². The highest BCUT2D eigenvalue weighted by Crippen LogP contribution is 2.41. The molecule has 4 heteroatoms. The van der Waals surface area contributed by atoms with Crippen molar-refractivity contribution in [3.8, 4) is 0 Å². The van der Waals surface area contributed by atoms with E-state index in [-0.39, 0.29) is 18.3 Å². The van der Waals surface area contributed by atoms with E-state index in [0.29, 0.717) is 12.7 Å². The minimum absolute atomic E-state index is 0.165. The van der Waals surface area contributed by atoms with Gasteiger partial charge in [-0.3, -0.25) is 0 Å². The number of nitrogens with zero attached hydrogens (tertiary/aromatic N) is 1. The van der Waals surface area contributed by atoms with Gasteiger partial charge in [0.2, 0.25) is 0 Å². The second kappa shape index (κ2) is 4.26. The Hall–Kier alpha value is -0.160. The lowest BCUT2D eigenvalue weighted by Crippen LogP contribution is -2.55. The molecule has 3 fully saturated rings. The molecule has 92 valence electrons. The van der Waals surface area contributed by atoms with Crippen molar-refractivity contribution in [3.63, 3.8) is 0 Å². The number of piperidine rings is 1. The quantitative estimate of drug-likeness (QED) is 0.660. The van der Waals surface area contributed by atoms with Crippen LogP contribution in [0.1, 0.15) is 12.8 Å². The summed E-state index contributed by atoms with van der Waals surface area (Å²) in [5.74, 6) is 1.37. The average Bonchev–Trinajstić information content (AvgIpc) is 2.73. The zero-order valence-electron chi connectivity index (χ0n) is 10.1. The molecule has 2 saturated heterocycles. The molecule has 3 aliphatic rings. The Balaban J connectivity index is 1.80. The summed E-state index contributed by atoms with van der Waals surface area (Å²) in [5, 5.41) is 0. The maximum atomic E-state index is 5.69. The van der Waals surface area contributed by atoms with Crippen LogP contribution in [0.25, 0.3) is 0 Å². The fraction of sp³-hybridized carbons (Fsp3) is 1.00. The Morgan fingerprint density at radius 3 is 3.00 bits per heavy atom. The predicted molar refractivity (Wildman–Crippen MR) is 59.1 cm³/mol. The molecule has 0 bridgehead atoms. The number of hydrogen-bond donors (Lipinski definition) is 0. The van der Waals surface area contributed by atoms with Crippen LogP contribution in [0.2, 0.25) is 0 Å². The van der Waals surface area contributed by atoms with Gasteiger partial charge in [-0.15, -0.1) is 0 Å². The van der Waals surface area contributed by atoms with E-state index in [4.69, 9.17) is 14.2 Å². The molecule has 0 aromatic carbocycles. The molecule has 16 heavy (non-hydrogen) atoms. The third kappa shape index (κ3) is 1.68. The van der Waals surface area contributed by atoms with E-state index in [9.17, 15) is 0 Å². The van der Waals surface area contributed by atoms with Crippen LogP contribution in [-0.2, 0) is 14.2 Å². The molecule has 5 atom stereocenters. The summed E-state index contributed by atoms with van der Waals surface area (Å²) in [5.41, 5.74) is 0. The molecule has 2 heterocycles. The third-order valence-corrected chi connectivity index (χ3v) is 4.47. The van der Waals surface area contributed by atoms with E-state index in [1.165, 1.54) is 13.0 Å².